The third-order valence-electron chi connectivity index (χ3n) is 24.3. The maximum absolute atomic E-state index is 9.97. The van der Waals surface area contributed by atoms with E-state index in [1.807, 2.05) is 111 Å². The van der Waals surface area contributed by atoms with Crippen LogP contribution < -0.4 is 0 Å². The third kappa shape index (κ3) is 254. The Kier molecular flexibility index (Phi) is 208. The van der Waals surface area contributed by atoms with E-state index in [1.54, 1.807) is 6.92 Å². The van der Waals surface area contributed by atoms with Crippen LogP contribution in [0.2, 0.25) is 0 Å². The summed E-state index contributed by atoms with van der Waals surface area (Å²) < 4.78 is 0. The van der Waals surface area contributed by atoms with Gasteiger partial charge >= 0.3 is 47.8 Å². The van der Waals surface area contributed by atoms with Gasteiger partial charge in [0.1, 0.15) is 0 Å². The van der Waals surface area contributed by atoms with Crippen LogP contribution in [0.25, 0.3) is 0 Å². The van der Waals surface area contributed by atoms with Gasteiger partial charge in [-0.05, 0) is 120 Å². The van der Waals surface area contributed by atoms with E-state index in [1.165, 1.54) is 128 Å². The summed E-state index contributed by atoms with van der Waals surface area (Å²) in [4.78, 5) is 79.6. The van der Waals surface area contributed by atoms with Crippen molar-refractivity contribution in [2.24, 2.45) is 101 Å². The highest BCUT2D eigenvalue weighted by molar-refractivity contribution is 5.69. The lowest BCUT2D eigenvalue weighted by Gasteiger charge is -2.00. The lowest BCUT2D eigenvalue weighted by atomic mass is 10.1. The standard InChI is InChI=1S/7C6H12O2.10C6H14.C5H10O3.C5H12O.2CH4/c7*1-3-5(2)4-6(7)8;10*1-4-6(3)5-2;1-2-4(6)3-5(7)8;1-3-5(6)4-2;;/h7*5H,3-4H2,1-2H3,(H,7,8);10*6H,4-5H2,1-3H3;4,6H,2-3H2,1H3,(H,7,8);5-6H,3-4H2,1-2H3;2*1H4. The van der Waals surface area contributed by atoms with E-state index in [0.29, 0.717) is 92.8 Å². The lowest BCUT2D eigenvalue weighted by molar-refractivity contribution is -0.140. The maximum Gasteiger partial charge on any atom is 0.305 e. The van der Waals surface area contributed by atoms with E-state index in [9.17, 15) is 38.4 Å². The van der Waals surface area contributed by atoms with Gasteiger partial charge in [0.15, 0.2) is 0 Å². The van der Waals surface area contributed by atoms with Crippen LogP contribution in [0.3, 0.4) is 0 Å². The molecule has 0 aliphatic carbocycles. The fourth-order valence-corrected chi connectivity index (χ4v) is 6.62. The van der Waals surface area contributed by atoms with Gasteiger partial charge in [-0.15, -0.1) is 0 Å². The van der Waals surface area contributed by atoms with Crippen molar-refractivity contribution >= 4 is 47.8 Å². The zero-order chi connectivity index (χ0) is 107. The molecule has 0 radical (unpaired) electrons. The zero-order valence-corrected chi connectivity index (χ0v) is 96.6. The fourth-order valence-electron chi connectivity index (χ4n) is 6.62. The van der Waals surface area contributed by atoms with Gasteiger partial charge in [0, 0.05) is 44.9 Å². The number of aliphatic carboxylic acids is 8. The van der Waals surface area contributed by atoms with E-state index in [-0.39, 0.29) is 27.4 Å². The minimum atomic E-state index is -0.945. The van der Waals surface area contributed by atoms with E-state index in [4.69, 9.17) is 51.1 Å². The van der Waals surface area contributed by atoms with Crippen LogP contribution in [0, 0.1) is 101 Å². The van der Waals surface area contributed by atoms with Gasteiger partial charge in [-0.1, -0.05) is 514 Å². The highest BCUT2D eigenvalue weighted by Crippen LogP contribution is 2.13. The molecule has 0 saturated carbocycles. The van der Waals surface area contributed by atoms with Crippen molar-refractivity contribution in [2.45, 2.75) is 596 Å². The monoisotopic (exact) mass is 1910 g/mol. The molecule has 18 heteroatoms. The van der Waals surface area contributed by atoms with E-state index < -0.39 is 53.9 Å². The average molecular weight is 1910 g/mol. The van der Waals surface area contributed by atoms with Gasteiger partial charge in [0.2, 0.25) is 0 Å². The summed E-state index contributed by atoms with van der Waals surface area (Å²) in [7, 11) is 0. The molecule has 0 bridgehead atoms. The molecule has 0 fully saturated rings. The number of aliphatic hydroxyl groups excluding tert-OH is 2. The number of carboxylic acid groups (broad SMARTS) is 8. The predicted molar refractivity (Wildman–Crippen MR) is 588 cm³/mol. The van der Waals surface area contributed by atoms with Crippen LogP contribution in [-0.4, -0.2) is 111 Å². The second-order valence-corrected chi connectivity index (χ2v) is 37.1. The summed E-state index contributed by atoms with van der Waals surface area (Å²) in [5.74, 6) is 5.83. The molecule has 0 heterocycles. The third-order valence-corrected chi connectivity index (χ3v) is 24.3. The first kappa shape index (κ1) is 180. The van der Waals surface area contributed by atoms with Crippen LogP contribution in [-0.2, 0) is 38.4 Å². The number of hydrogen-bond donors (Lipinski definition) is 10. The topological polar surface area (TPSA) is 339 Å². The van der Waals surface area contributed by atoms with Crippen molar-refractivity contribution in [1.82, 2.24) is 0 Å². The van der Waals surface area contributed by atoms with Crippen LogP contribution >= 0.6 is 0 Å². The molecule has 0 aromatic rings. The normalized spacial score (nSPS) is 11.4. The maximum atomic E-state index is 9.97. The van der Waals surface area contributed by atoms with E-state index in [0.717, 1.165) is 117 Å². The minimum absolute atomic E-state index is 0. The second kappa shape index (κ2) is 152. The van der Waals surface area contributed by atoms with Gasteiger partial charge in [-0.2, -0.15) is 0 Å². The highest BCUT2D eigenvalue weighted by atomic mass is 16.4. The van der Waals surface area contributed by atoms with Crippen LogP contribution in [0.4, 0.5) is 0 Å². The predicted octanol–water partition coefficient (Wildman–Crippen LogP) is 37.6. The molecule has 0 aliphatic heterocycles. The molecule has 8 unspecified atom stereocenters. The van der Waals surface area contributed by atoms with Crippen molar-refractivity contribution in [3.05, 3.63) is 0 Å². The smallest absolute Gasteiger partial charge is 0.305 e. The average Bonchev–Trinajstić information content (AvgIpc) is 1.08. The number of rotatable bonds is 46. The number of carbonyl (C=O) groups is 8. The summed E-state index contributed by atoms with van der Waals surface area (Å²) in [6.07, 6.45) is 36.8. The van der Waals surface area contributed by atoms with Gasteiger partial charge in [0.25, 0.3) is 0 Å². The van der Waals surface area contributed by atoms with Gasteiger partial charge in [-0.3, -0.25) is 38.4 Å². The molecule has 0 aromatic carbocycles. The summed E-state index contributed by atoms with van der Waals surface area (Å²) in [6.45, 7) is 101. The Morgan fingerprint density at radius 1 is 0.129 bits per heavy atom. The van der Waals surface area contributed by atoms with Gasteiger partial charge in [-0.25, -0.2) is 0 Å². The van der Waals surface area contributed by atoms with Gasteiger partial charge in [0.05, 0.1) is 18.6 Å². The molecule has 10 N–H and O–H groups in total. The summed E-state index contributed by atoms with van der Waals surface area (Å²) in [5, 5.41) is 82.9. The fraction of sp³-hybridized carbons (Fsp3) is 0.930. The summed E-state index contributed by atoms with van der Waals surface area (Å²) in [5.41, 5.74) is 0. The second-order valence-electron chi connectivity index (χ2n) is 37.1. The Bertz CT molecular complexity index is 1590. The van der Waals surface area contributed by atoms with Crippen molar-refractivity contribution in [2.75, 3.05) is 0 Å². The molecule has 0 spiro atoms. The van der Waals surface area contributed by atoms with E-state index in [2.05, 4.69) is 208 Å². The molecule has 0 amide bonds. The number of aliphatic hydroxyl groups is 2. The minimum Gasteiger partial charge on any atom is -0.481 e. The van der Waals surface area contributed by atoms with Crippen LogP contribution in [0.5, 0.6) is 0 Å². The zero-order valence-electron chi connectivity index (χ0n) is 96.6. The van der Waals surface area contributed by atoms with Crippen molar-refractivity contribution in [3.63, 3.8) is 0 Å². The molecule has 0 rings (SSSR count). The summed E-state index contributed by atoms with van der Waals surface area (Å²) in [6, 6.07) is 0. The first-order chi connectivity index (χ1) is 60.2. The molecule has 8 atom stereocenters. The molecule has 818 valence electrons. The van der Waals surface area contributed by atoms with Crippen molar-refractivity contribution < 1.29 is 89.4 Å². The molecular weight excluding hydrogens is 1660 g/mol. The van der Waals surface area contributed by atoms with Gasteiger partial charge < -0.3 is 51.1 Å². The molecule has 18 nitrogen and oxygen atoms in total. The Balaban J connectivity index is -0.0000000519. The van der Waals surface area contributed by atoms with Crippen LogP contribution in [0.1, 0.15) is 584 Å². The Labute approximate surface area is 829 Å². The molecule has 0 aromatic heterocycles. The number of hydrogen-bond acceptors (Lipinski definition) is 10. The summed E-state index contributed by atoms with van der Waals surface area (Å²) >= 11 is 0. The first-order valence-electron chi connectivity index (χ1n) is 53.3. The molecule has 132 heavy (non-hydrogen) atoms. The van der Waals surface area contributed by atoms with Crippen molar-refractivity contribution in [3.8, 4) is 0 Å². The quantitative estimate of drug-likeness (QED) is 0.0271. The largest absolute Gasteiger partial charge is 0.481 e. The van der Waals surface area contributed by atoms with Crippen LogP contribution in [0.15, 0.2) is 0 Å². The first-order valence-corrected chi connectivity index (χ1v) is 53.3. The Morgan fingerprint density at radius 3 is 0.212 bits per heavy atom. The molecular formula is C114H254O18. The van der Waals surface area contributed by atoms with E-state index >= 15 is 0 Å². The highest BCUT2D eigenvalue weighted by Gasteiger charge is 2.09. The lowest BCUT2D eigenvalue weighted by Crippen LogP contribution is -2.10. The Hall–Kier alpha value is -4.32. The van der Waals surface area contributed by atoms with Crippen molar-refractivity contribution in [1.29, 1.82) is 0 Å². The molecule has 0 aliphatic rings. The number of carboxylic acids is 8. The SMILES string of the molecule is C.C.CCC(C)CC.CCC(C)CC.CCC(C)CC.CCC(C)CC.CCC(C)CC.CCC(C)CC.CCC(C)CC.CCC(C)CC.CCC(C)CC.CCC(C)CC.CCC(C)CC(=O)O.CCC(C)CC(=O)O.CCC(C)CC(=O)O.CCC(C)CC(=O)O.CCC(C)CC(=O)O.CCC(C)CC(=O)O.CCC(C)CC(=O)O.CCC(O)CC.CCC(O)CC(=O)O. The Morgan fingerprint density at radius 2 is 0.197 bits per heavy atom. The molecule has 0 saturated heterocycles.